The van der Waals surface area contributed by atoms with Crippen LogP contribution in [0.1, 0.15) is 19.4 Å². The molecule has 1 amide bonds. The predicted molar refractivity (Wildman–Crippen MR) is 92.8 cm³/mol. The first kappa shape index (κ1) is 18.4. The van der Waals surface area contributed by atoms with E-state index in [0.29, 0.717) is 12.5 Å². The Morgan fingerprint density at radius 2 is 1.87 bits per heavy atom. The standard InChI is InChI=1S/C15H22BrN3O3S/c1-9(2)13-12(16)14(19-18-13)15(20)17-8-10-4-6-11(7-5-10)23(3,21)22/h4-7,9,12-14,18-19H,8H2,1-3H3,(H,17,20). The Balaban J connectivity index is 1.92. The van der Waals surface area contributed by atoms with Crippen LogP contribution in [0.25, 0.3) is 0 Å². The summed E-state index contributed by atoms with van der Waals surface area (Å²) < 4.78 is 22.8. The summed E-state index contributed by atoms with van der Waals surface area (Å²) in [4.78, 5) is 12.6. The maximum Gasteiger partial charge on any atom is 0.239 e. The number of carbonyl (C=O) groups excluding carboxylic acids is 1. The van der Waals surface area contributed by atoms with Crippen LogP contribution in [0.3, 0.4) is 0 Å². The van der Waals surface area contributed by atoms with Gasteiger partial charge >= 0.3 is 0 Å². The van der Waals surface area contributed by atoms with Crippen molar-refractivity contribution in [3.05, 3.63) is 29.8 Å². The minimum Gasteiger partial charge on any atom is -0.351 e. The van der Waals surface area contributed by atoms with Crippen molar-refractivity contribution in [1.82, 2.24) is 16.2 Å². The fourth-order valence-corrected chi connectivity index (χ4v) is 4.20. The van der Waals surface area contributed by atoms with E-state index < -0.39 is 9.84 Å². The molecule has 3 atom stereocenters. The second-order valence-corrected chi connectivity index (χ2v) is 9.19. The lowest BCUT2D eigenvalue weighted by atomic mass is 9.99. The van der Waals surface area contributed by atoms with Crippen LogP contribution in [-0.4, -0.2) is 37.5 Å². The molecule has 3 unspecified atom stereocenters. The van der Waals surface area contributed by atoms with Crippen molar-refractivity contribution in [2.24, 2.45) is 5.92 Å². The van der Waals surface area contributed by atoms with E-state index in [9.17, 15) is 13.2 Å². The molecule has 23 heavy (non-hydrogen) atoms. The zero-order chi connectivity index (χ0) is 17.2. The first-order valence-corrected chi connectivity index (χ1v) is 10.2. The van der Waals surface area contributed by atoms with Crippen LogP contribution in [0.5, 0.6) is 0 Å². The molecule has 1 aliphatic heterocycles. The molecule has 2 rings (SSSR count). The lowest BCUT2D eigenvalue weighted by Crippen LogP contribution is -2.45. The third kappa shape index (κ3) is 4.53. The van der Waals surface area contributed by atoms with Gasteiger partial charge in [-0.15, -0.1) is 0 Å². The van der Waals surface area contributed by atoms with E-state index in [1.165, 1.54) is 6.26 Å². The van der Waals surface area contributed by atoms with Crippen LogP contribution < -0.4 is 16.2 Å². The van der Waals surface area contributed by atoms with Gasteiger partial charge in [0.15, 0.2) is 9.84 Å². The minimum absolute atomic E-state index is 0.00936. The molecule has 1 aliphatic rings. The van der Waals surface area contributed by atoms with E-state index >= 15 is 0 Å². The van der Waals surface area contributed by atoms with Gasteiger partial charge in [0.2, 0.25) is 5.91 Å². The molecule has 128 valence electrons. The molecule has 1 aromatic carbocycles. The number of carbonyl (C=O) groups is 1. The third-order valence-corrected chi connectivity index (χ3v) is 6.11. The second-order valence-electron chi connectivity index (χ2n) is 6.11. The van der Waals surface area contributed by atoms with E-state index in [2.05, 4.69) is 45.9 Å². The number of alkyl halides is 1. The highest BCUT2D eigenvalue weighted by Gasteiger charge is 2.39. The number of nitrogens with one attached hydrogen (secondary N) is 3. The topological polar surface area (TPSA) is 87.3 Å². The van der Waals surface area contributed by atoms with E-state index in [1.54, 1.807) is 24.3 Å². The second kappa shape index (κ2) is 7.29. The Morgan fingerprint density at radius 3 is 2.35 bits per heavy atom. The number of halogens is 1. The quantitative estimate of drug-likeness (QED) is 0.637. The lowest BCUT2D eigenvalue weighted by molar-refractivity contribution is -0.122. The normalized spacial score (nSPS) is 24.8. The molecule has 0 saturated carbocycles. The van der Waals surface area contributed by atoms with Crippen LogP contribution in [0, 0.1) is 5.92 Å². The molecule has 6 nitrogen and oxygen atoms in total. The van der Waals surface area contributed by atoms with E-state index in [1.807, 2.05) is 0 Å². The van der Waals surface area contributed by atoms with E-state index in [4.69, 9.17) is 0 Å². The summed E-state index contributed by atoms with van der Waals surface area (Å²) in [5, 5.41) is 2.87. The summed E-state index contributed by atoms with van der Waals surface area (Å²) in [6.07, 6.45) is 1.17. The number of hydrazine groups is 1. The number of benzene rings is 1. The summed E-state index contributed by atoms with van der Waals surface area (Å²) in [6, 6.07) is 6.35. The molecule has 3 N–H and O–H groups in total. The molecule has 8 heteroatoms. The van der Waals surface area contributed by atoms with Gasteiger partial charge in [0.25, 0.3) is 0 Å². The van der Waals surface area contributed by atoms with Crippen molar-refractivity contribution in [3.63, 3.8) is 0 Å². The van der Waals surface area contributed by atoms with E-state index in [0.717, 1.165) is 5.56 Å². The number of sulfone groups is 1. The van der Waals surface area contributed by atoms with Crippen molar-refractivity contribution in [3.8, 4) is 0 Å². The molecule has 1 saturated heterocycles. The van der Waals surface area contributed by atoms with Gasteiger partial charge in [0.1, 0.15) is 6.04 Å². The smallest absolute Gasteiger partial charge is 0.239 e. The van der Waals surface area contributed by atoms with Crippen LogP contribution in [0.4, 0.5) is 0 Å². The van der Waals surface area contributed by atoms with Gasteiger partial charge in [0, 0.05) is 18.8 Å². The van der Waals surface area contributed by atoms with Crippen LogP contribution in [0.15, 0.2) is 29.2 Å². The first-order valence-electron chi connectivity index (χ1n) is 7.42. The largest absolute Gasteiger partial charge is 0.351 e. The summed E-state index contributed by atoms with van der Waals surface area (Å²) in [7, 11) is -3.20. The number of rotatable bonds is 5. The van der Waals surface area contributed by atoms with Gasteiger partial charge in [-0.2, -0.15) is 0 Å². The minimum atomic E-state index is -3.20. The van der Waals surface area contributed by atoms with Crippen molar-refractivity contribution < 1.29 is 13.2 Å². The Labute approximate surface area is 145 Å². The van der Waals surface area contributed by atoms with Crippen LogP contribution >= 0.6 is 15.9 Å². The maximum atomic E-state index is 12.3. The Bertz CT molecular complexity index is 661. The molecule has 1 fully saturated rings. The van der Waals surface area contributed by atoms with Crippen molar-refractivity contribution >= 4 is 31.7 Å². The predicted octanol–water partition coefficient (Wildman–Crippen LogP) is 0.971. The average Bonchev–Trinajstić information content (AvgIpc) is 2.86. The summed E-state index contributed by atoms with van der Waals surface area (Å²) in [5.41, 5.74) is 7.00. The number of hydrogen-bond donors (Lipinski definition) is 3. The highest BCUT2D eigenvalue weighted by atomic mass is 79.9. The SMILES string of the molecule is CC(C)C1NNC(C(=O)NCc2ccc(S(C)(=O)=O)cc2)C1Br. The molecular formula is C15H22BrN3O3S. The molecule has 1 heterocycles. The molecule has 0 radical (unpaired) electrons. The monoisotopic (exact) mass is 403 g/mol. The van der Waals surface area contributed by atoms with Crippen LogP contribution in [0.2, 0.25) is 0 Å². The van der Waals surface area contributed by atoms with Gasteiger partial charge in [-0.25, -0.2) is 13.8 Å². The highest BCUT2D eigenvalue weighted by molar-refractivity contribution is 9.09. The van der Waals surface area contributed by atoms with E-state index in [-0.39, 0.29) is 27.7 Å². The van der Waals surface area contributed by atoms with Crippen LogP contribution in [-0.2, 0) is 21.2 Å². The molecule has 0 aromatic heterocycles. The number of amides is 1. The number of hydrogen-bond acceptors (Lipinski definition) is 5. The maximum absolute atomic E-state index is 12.3. The molecule has 0 bridgehead atoms. The lowest BCUT2D eigenvalue weighted by Gasteiger charge is -2.19. The molecule has 0 spiro atoms. The highest BCUT2D eigenvalue weighted by Crippen LogP contribution is 2.21. The summed E-state index contributed by atoms with van der Waals surface area (Å²) in [6.45, 7) is 4.54. The Morgan fingerprint density at radius 1 is 1.26 bits per heavy atom. The zero-order valence-corrected chi connectivity index (χ0v) is 15.7. The van der Waals surface area contributed by atoms with Crippen molar-refractivity contribution in [2.45, 2.75) is 42.2 Å². The summed E-state index contributed by atoms with van der Waals surface area (Å²) >= 11 is 3.58. The van der Waals surface area contributed by atoms with Gasteiger partial charge in [-0.3, -0.25) is 10.2 Å². The van der Waals surface area contributed by atoms with Gasteiger partial charge in [-0.1, -0.05) is 41.9 Å². The summed E-state index contributed by atoms with van der Waals surface area (Å²) in [5.74, 6) is 0.294. The molecular weight excluding hydrogens is 382 g/mol. The Hall–Kier alpha value is -0.960. The molecule has 0 aliphatic carbocycles. The van der Waals surface area contributed by atoms with Crippen molar-refractivity contribution in [1.29, 1.82) is 0 Å². The van der Waals surface area contributed by atoms with Gasteiger partial charge < -0.3 is 5.32 Å². The zero-order valence-electron chi connectivity index (χ0n) is 13.3. The average molecular weight is 404 g/mol. The Kier molecular flexibility index (Phi) is 5.83. The fraction of sp³-hybridized carbons (Fsp3) is 0.533. The fourth-order valence-electron chi connectivity index (χ4n) is 2.45. The first-order chi connectivity index (χ1) is 10.7. The van der Waals surface area contributed by atoms with Gasteiger partial charge in [-0.05, 0) is 23.6 Å². The van der Waals surface area contributed by atoms with Gasteiger partial charge in [0.05, 0.1) is 9.72 Å². The third-order valence-electron chi connectivity index (χ3n) is 3.89. The molecule has 1 aromatic rings. The van der Waals surface area contributed by atoms with Crippen molar-refractivity contribution in [2.75, 3.05) is 6.26 Å².